The van der Waals surface area contributed by atoms with E-state index in [1.54, 1.807) is 0 Å². The van der Waals surface area contributed by atoms with Crippen molar-refractivity contribution in [1.82, 2.24) is 4.90 Å². The predicted molar refractivity (Wildman–Crippen MR) is 122 cm³/mol. The summed E-state index contributed by atoms with van der Waals surface area (Å²) in [4.78, 5) is 15.7. The Morgan fingerprint density at radius 1 is 1.00 bits per heavy atom. The Bertz CT molecular complexity index is 1130. The number of nitrogens with one attached hydrogen (secondary N) is 1. The van der Waals surface area contributed by atoms with Gasteiger partial charge >= 0.3 is 0 Å². The van der Waals surface area contributed by atoms with Gasteiger partial charge < -0.3 is 10.2 Å². The molecule has 3 N–H and O–H groups in total. The lowest BCUT2D eigenvalue weighted by Crippen LogP contribution is -2.28. The molecular weight excluding hydrogens is 394 g/mol. The van der Waals surface area contributed by atoms with Gasteiger partial charge in [0.05, 0.1) is 15.1 Å². The van der Waals surface area contributed by atoms with Crippen LogP contribution in [0.2, 0.25) is 0 Å². The first-order valence-corrected chi connectivity index (χ1v) is 12.5. The lowest BCUT2D eigenvalue weighted by Gasteiger charge is -2.25. The number of hydrogen-bond donors (Lipinski definition) is 2. The van der Waals surface area contributed by atoms with Gasteiger partial charge in [-0.3, -0.25) is 9.93 Å². The molecule has 2 aromatic rings. The third-order valence-corrected chi connectivity index (χ3v) is 8.31. The molecule has 1 aliphatic heterocycles. The van der Waals surface area contributed by atoms with E-state index in [1.165, 1.54) is 33.2 Å². The van der Waals surface area contributed by atoms with Gasteiger partial charge in [0.2, 0.25) is 0 Å². The number of rotatable bonds is 3. The average molecular weight is 424 g/mol. The summed E-state index contributed by atoms with van der Waals surface area (Å²) in [6.07, 6.45) is 7.37. The molecule has 0 fully saturated rings. The minimum absolute atomic E-state index is 0.369. The number of nitrogens with two attached hydrogens (primary N) is 1. The smallest absolute Gasteiger partial charge is 0.258 e. The van der Waals surface area contributed by atoms with Gasteiger partial charge in [0, 0.05) is 23.7 Å². The number of aryl methyl sites for hydroxylation is 2. The van der Waals surface area contributed by atoms with E-state index in [9.17, 15) is 9.00 Å². The molecule has 30 heavy (non-hydrogen) atoms. The summed E-state index contributed by atoms with van der Waals surface area (Å²) in [6.45, 7) is 1.83. The van der Waals surface area contributed by atoms with E-state index in [-0.39, 0.29) is 5.91 Å². The number of carbonyl (C=O) groups is 1. The van der Waals surface area contributed by atoms with E-state index in [4.69, 9.17) is 5.14 Å². The van der Waals surface area contributed by atoms with Crippen molar-refractivity contribution in [2.24, 2.45) is 5.14 Å². The number of nitrogens with zero attached hydrogens (tertiary/aromatic N) is 1. The maximum absolute atomic E-state index is 13.3. The van der Waals surface area contributed by atoms with Crippen LogP contribution >= 0.6 is 0 Å². The van der Waals surface area contributed by atoms with Gasteiger partial charge in [0.1, 0.15) is 0 Å². The highest BCUT2D eigenvalue weighted by atomic mass is 32.2. The topological polar surface area (TPSA) is 75.4 Å². The van der Waals surface area contributed by atoms with Crippen molar-refractivity contribution in [3.8, 4) is 0 Å². The van der Waals surface area contributed by atoms with Crippen LogP contribution in [0.4, 0.5) is 5.69 Å². The molecule has 5 rings (SSSR count). The first-order valence-electron chi connectivity index (χ1n) is 10.9. The molecule has 0 aromatic heterocycles. The van der Waals surface area contributed by atoms with E-state index >= 15 is 0 Å². The number of amides is 1. The van der Waals surface area contributed by atoms with Crippen LogP contribution < -0.4 is 10.5 Å². The number of anilines is 1. The van der Waals surface area contributed by atoms with Gasteiger partial charge in [0.15, 0.2) is 0 Å². The van der Waals surface area contributed by atoms with Crippen molar-refractivity contribution < 1.29 is 9.00 Å². The number of likely N-dealkylation sites (N-methyl/N-ethyl adjacent to an activating group) is 1. The average Bonchev–Trinajstić information content (AvgIpc) is 3.36. The maximum atomic E-state index is 13.3. The van der Waals surface area contributed by atoms with Gasteiger partial charge in [0.25, 0.3) is 5.91 Å². The minimum atomic E-state index is -3.06. The molecule has 1 amide bonds. The van der Waals surface area contributed by atoms with Crippen molar-refractivity contribution in [2.45, 2.75) is 56.4 Å². The summed E-state index contributed by atoms with van der Waals surface area (Å²) in [7, 11) is -0.989. The van der Waals surface area contributed by atoms with Gasteiger partial charge in [-0.05, 0) is 97.5 Å². The maximum Gasteiger partial charge on any atom is 0.258 e. The summed E-state index contributed by atoms with van der Waals surface area (Å²) in [6, 6.07) is 8.07. The van der Waals surface area contributed by atoms with Crippen LogP contribution in [0.25, 0.3) is 0 Å². The quantitative estimate of drug-likeness (QED) is 0.745. The van der Waals surface area contributed by atoms with Crippen LogP contribution in [0, 0.1) is 0 Å². The van der Waals surface area contributed by atoms with Crippen LogP contribution in [0.5, 0.6) is 0 Å². The normalized spacial score (nSPS) is 19.5. The Morgan fingerprint density at radius 3 is 2.40 bits per heavy atom. The van der Waals surface area contributed by atoms with E-state index in [2.05, 4.69) is 23.3 Å². The second-order valence-corrected chi connectivity index (χ2v) is 10.9. The highest BCUT2D eigenvalue weighted by Crippen LogP contribution is 2.38. The molecule has 0 spiro atoms. The van der Waals surface area contributed by atoms with Gasteiger partial charge in [-0.25, -0.2) is 4.21 Å². The number of fused-ring (bicyclic) bond motifs is 3. The van der Waals surface area contributed by atoms with E-state index in [0.717, 1.165) is 69.3 Å². The number of benzene rings is 2. The zero-order valence-corrected chi connectivity index (χ0v) is 18.3. The molecule has 3 aliphatic rings. The molecule has 1 unspecified atom stereocenters. The molecule has 0 saturated carbocycles. The highest BCUT2D eigenvalue weighted by molar-refractivity contribution is 8.00. The first kappa shape index (κ1) is 19.8. The van der Waals surface area contributed by atoms with E-state index < -0.39 is 9.71 Å². The summed E-state index contributed by atoms with van der Waals surface area (Å²) in [5, 5.41) is 10.5. The van der Waals surface area contributed by atoms with Crippen molar-refractivity contribution in [2.75, 3.05) is 18.9 Å². The molecule has 1 atom stereocenters. The largest absolute Gasteiger partial charge is 0.321 e. The lowest BCUT2D eigenvalue weighted by molar-refractivity contribution is -0.109. The standard InChI is InChI=1S/C24H29N3O2S/c1-27-11-10-16-8-9-20(13-19(16)14-27)30(25,29)15-23(28)26-24-21-6-2-4-17(21)12-18-5-3-7-22(18)24/h8-9,12-13,15H,2-7,10-11,14H2,1H3,(H2,25,29)(H,26,28). The van der Waals surface area contributed by atoms with Gasteiger partial charge in [-0.2, -0.15) is 0 Å². The summed E-state index contributed by atoms with van der Waals surface area (Å²) < 4.78 is 13.3. The van der Waals surface area contributed by atoms with Crippen molar-refractivity contribution in [1.29, 1.82) is 0 Å². The molecule has 0 bridgehead atoms. The highest BCUT2D eigenvalue weighted by Gasteiger charge is 2.25. The number of hydrogen-bond acceptors (Lipinski definition) is 3. The summed E-state index contributed by atoms with van der Waals surface area (Å²) >= 11 is 0. The van der Waals surface area contributed by atoms with Crippen LogP contribution in [-0.2, 0) is 53.2 Å². The fourth-order valence-electron chi connectivity index (χ4n) is 5.22. The first-order chi connectivity index (χ1) is 14.4. The lowest BCUT2D eigenvalue weighted by atomic mass is 9.98. The Hall–Kier alpha value is -2.15. The summed E-state index contributed by atoms with van der Waals surface area (Å²) in [5.74, 6) is -0.369. The van der Waals surface area contributed by atoms with Gasteiger partial charge in [-0.15, -0.1) is 0 Å². The Labute approximate surface area is 178 Å². The van der Waals surface area contributed by atoms with Crippen molar-refractivity contribution >= 4 is 26.7 Å². The van der Waals surface area contributed by atoms with Crippen LogP contribution in [-0.4, -0.2) is 34.0 Å². The molecule has 0 saturated heterocycles. The Kier molecular flexibility index (Phi) is 4.96. The minimum Gasteiger partial charge on any atom is -0.321 e. The van der Waals surface area contributed by atoms with Crippen LogP contribution in [0.15, 0.2) is 29.2 Å². The Morgan fingerprint density at radius 2 is 1.70 bits per heavy atom. The van der Waals surface area contributed by atoms with Gasteiger partial charge in [-0.1, -0.05) is 12.1 Å². The van der Waals surface area contributed by atoms with Crippen LogP contribution in [0.1, 0.15) is 46.2 Å². The fraction of sp³-hybridized carbons (Fsp3) is 0.417. The molecular formula is C24H29N3O2S. The third-order valence-electron chi connectivity index (χ3n) is 6.75. The van der Waals surface area contributed by atoms with E-state index in [1.807, 2.05) is 18.2 Å². The number of carbonyl (C=O) groups excluding carboxylic acids is 1. The second kappa shape index (κ2) is 7.52. The molecule has 158 valence electrons. The zero-order valence-electron chi connectivity index (χ0n) is 17.5. The Balaban J connectivity index is 1.46. The predicted octanol–water partition coefficient (Wildman–Crippen LogP) is 2.61. The fourth-order valence-corrected chi connectivity index (χ4v) is 6.34. The van der Waals surface area contributed by atoms with E-state index in [0.29, 0.717) is 4.90 Å². The molecule has 6 heteroatoms. The molecule has 5 nitrogen and oxygen atoms in total. The molecule has 2 aromatic carbocycles. The SMILES string of the molecule is CN1CCc2ccc(S(N)(=O)=CC(=O)Nc3c4c(cc5c3CCC5)CCC4)cc2C1. The molecule has 2 aliphatic carbocycles. The second-order valence-electron chi connectivity index (χ2n) is 8.91. The third kappa shape index (κ3) is 3.57. The summed E-state index contributed by atoms with van der Waals surface area (Å²) in [5.41, 5.74) is 8.62. The molecule has 0 radical (unpaired) electrons. The van der Waals surface area contributed by atoms with Crippen molar-refractivity contribution in [3.63, 3.8) is 0 Å². The van der Waals surface area contributed by atoms with Crippen molar-refractivity contribution in [3.05, 3.63) is 57.6 Å². The zero-order chi connectivity index (χ0) is 20.9. The van der Waals surface area contributed by atoms with Crippen LogP contribution in [0.3, 0.4) is 0 Å². The molecule has 1 heterocycles. The monoisotopic (exact) mass is 423 g/mol.